The number of aromatic carboxylic acids is 1. The molecule has 2 N–H and O–H groups in total. The molecule has 0 spiro atoms. The minimum atomic E-state index is -1.33. The number of carbonyl (C=O) groups excluding carboxylic acids is 1. The molecular weight excluding hydrogens is 297 g/mol. The zero-order valence-corrected chi connectivity index (χ0v) is 11.7. The van der Waals surface area contributed by atoms with Crippen LogP contribution in [0.25, 0.3) is 0 Å². The monoisotopic (exact) mass is 307 g/mol. The summed E-state index contributed by atoms with van der Waals surface area (Å²) < 4.78 is 13.1. The maximum atomic E-state index is 13.1. The topological polar surface area (TPSA) is 66.4 Å². The highest BCUT2D eigenvalue weighted by Crippen LogP contribution is 2.22. The van der Waals surface area contributed by atoms with Crippen molar-refractivity contribution in [1.29, 1.82) is 0 Å². The smallest absolute Gasteiger partial charge is 0.337 e. The van der Waals surface area contributed by atoms with Crippen LogP contribution in [0.3, 0.4) is 0 Å². The van der Waals surface area contributed by atoms with E-state index >= 15 is 0 Å². The van der Waals surface area contributed by atoms with E-state index < -0.39 is 17.7 Å². The van der Waals surface area contributed by atoms with Gasteiger partial charge in [-0.3, -0.25) is 4.79 Å². The predicted molar refractivity (Wildman–Crippen MR) is 77.5 cm³/mol. The largest absolute Gasteiger partial charge is 0.478 e. The number of anilines is 1. The maximum Gasteiger partial charge on any atom is 0.337 e. The first-order chi connectivity index (χ1) is 9.88. The molecule has 0 aromatic heterocycles. The molecule has 0 fully saturated rings. The number of aryl methyl sites for hydroxylation is 1. The van der Waals surface area contributed by atoms with Gasteiger partial charge in [-0.25, -0.2) is 9.18 Å². The fraction of sp³-hybridized carbons (Fsp3) is 0.0667. The number of benzene rings is 2. The SMILES string of the molecule is Cc1ccc(C(=O)Nc2ccc(F)cc2C(=O)O)c(Cl)c1. The molecule has 2 rings (SSSR count). The van der Waals surface area contributed by atoms with Gasteiger partial charge in [-0.1, -0.05) is 17.7 Å². The van der Waals surface area contributed by atoms with Crippen molar-refractivity contribution in [3.63, 3.8) is 0 Å². The van der Waals surface area contributed by atoms with E-state index in [0.29, 0.717) is 0 Å². The Hall–Kier alpha value is -2.40. The Bertz CT molecular complexity index is 731. The van der Waals surface area contributed by atoms with Crippen molar-refractivity contribution in [2.24, 2.45) is 0 Å². The van der Waals surface area contributed by atoms with E-state index in [4.69, 9.17) is 16.7 Å². The van der Waals surface area contributed by atoms with Gasteiger partial charge in [0.1, 0.15) is 5.82 Å². The molecule has 0 aliphatic carbocycles. The van der Waals surface area contributed by atoms with Gasteiger partial charge in [0.25, 0.3) is 5.91 Å². The number of amides is 1. The Morgan fingerprint density at radius 2 is 1.86 bits per heavy atom. The highest BCUT2D eigenvalue weighted by molar-refractivity contribution is 6.34. The zero-order valence-electron chi connectivity index (χ0n) is 11.0. The summed E-state index contributed by atoms with van der Waals surface area (Å²) in [6.45, 7) is 1.83. The molecule has 0 radical (unpaired) electrons. The Morgan fingerprint density at radius 1 is 1.14 bits per heavy atom. The third kappa shape index (κ3) is 3.38. The maximum absolute atomic E-state index is 13.1. The van der Waals surface area contributed by atoms with E-state index in [1.54, 1.807) is 12.1 Å². The first-order valence-corrected chi connectivity index (χ1v) is 6.36. The third-order valence-corrected chi connectivity index (χ3v) is 3.14. The number of carboxylic acids is 1. The summed E-state index contributed by atoms with van der Waals surface area (Å²) in [4.78, 5) is 23.2. The van der Waals surface area contributed by atoms with Crippen LogP contribution in [0.2, 0.25) is 5.02 Å². The number of nitrogens with one attached hydrogen (secondary N) is 1. The standard InChI is InChI=1S/C15H11ClFNO3/c1-8-2-4-10(12(16)6-8)14(19)18-13-5-3-9(17)7-11(13)15(20)21/h2-7H,1H3,(H,18,19)(H,20,21). The van der Waals surface area contributed by atoms with E-state index in [1.165, 1.54) is 12.1 Å². The summed E-state index contributed by atoms with van der Waals surface area (Å²) in [7, 11) is 0. The predicted octanol–water partition coefficient (Wildman–Crippen LogP) is 3.74. The summed E-state index contributed by atoms with van der Waals surface area (Å²) in [5, 5.41) is 11.7. The number of halogens is 2. The molecule has 21 heavy (non-hydrogen) atoms. The molecule has 0 saturated heterocycles. The van der Waals surface area contributed by atoms with Crippen molar-refractivity contribution in [1.82, 2.24) is 0 Å². The second kappa shape index (κ2) is 5.93. The van der Waals surface area contributed by atoms with Crippen LogP contribution in [0, 0.1) is 12.7 Å². The highest BCUT2D eigenvalue weighted by Gasteiger charge is 2.16. The Kier molecular flexibility index (Phi) is 4.23. The van der Waals surface area contributed by atoms with Gasteiger partial charge in [-0.15, -0.1) is 0 Å². The van der Waals surface area contributed by atoms with Crippen molar-refractivity contribution in [2.45, 2.75) is 6.92 Å². The van der Waals surface area contributed by atoms with Crippen molar-refractivity contribution in [3.05, 3.63) is 63.9 Å². The lowest BCUT2D eigenvalue weighted by Crippen LogP contribution is -2.15. The molecule has 1 amide bonds. The molecule has 2 aromatic carbocycles. The van der Waals surface area contributed by atoms with Crippen molar-refractivity contribution in [2.75, 3.05) is 5.32 Å². The molecule has 6 heteroatoms. The molecule has 0 aliphatic rings. The molecule has 2 aromatic rings. The van der Waals surface area contributed by atoms with Crippen LogP contribution in [0.5, 0.6) is 0 Å². The zero-order chi connectivity index (χ0) is 15.6. The van der Waals surface area contributed by atoms with Gasteiger partial charge in [-0.05, 0) is 42.8 Å². The van der Waals surface area contributed by atoms with Gasteiger partial charge in [0, 0.05) is 0 Å². The Labute approximate surface area is 125 Å². The second-order valence-electron chi connectivity index (χ2n) is 4.43. The molecule has 4 nitrogen and oxygen atoms in total. The van der Waals surface area contributed by atoms with Crippen molar-refractivity contribution < 1.29 is 19.1 Å². The second-order valence-corrected chi connectivity index (χ2v) is 4.84. The van der Waals surface area contributed by atoms with Crippen LogP contribution in [0.15, 0.2) is 36.4 Å². The van der Waals surface area contributed by atoms with E-state index in [-0.39, 0.29) is 21.8 Å². The number of carbonyl (C=O) groups is 2. The normalized spacial score (nSPS) is 10.2. The molecule has 0 atom stereocenters. The van der Waals surface area contributed by atoms with Crippen LogP contribution >= 0.6 is 11.6 Å². The minimum Gasteiger partial charge on any atom is -0.478 e. The number of carboxylic acid groups (broad SMARTS) is 1. The summed E-state index contributed by atoms with van der Waals surface area (Å²) >= 11 is 5.98. The van der Waals surface area contributed by atoms with Gasteiger partial charge < -0.3 is 10.4 Å². The van der Waals surface area contributed by atoms with Crippen LogP contribution in [-0.2, 0) is 0 Å². The first kappa shape index (κ1) is 15.0. The van der Waals surface area contributed by atoms with Crippen LogP contribution in [-0.4, -0.2) is 17.0 Å². The summed E-state index contributed by atoms with van der Waals surface area (Å²) in [5.74, 6) is -2.59. The van der Waals surface area contributed by atoms with Crippen LogP contribution < -0.4 is 5.32 Å². The van der Waals surface area contributed by atoms with Gasteiger partial charge in [0.2, 0.25) is 0 Å². The summed E-state index contributed by atoms with van der Waals surface area (Å²) in [5.41, 5.74) is 0.782. The lowest BCUT2D eigenvalue weighted by molar-refractivity contribution is 0.0697. The lowest BCUT2D eigenvalue weighted by Gasteiger charge is -2.10. The van der Waals surface area contributed by atoms with Gasteiger partial charge in [-0.2, -0.15) is 0 Å². The third-order valence-electron chi connectivity index (χ3n) is 2.83. The molecular formula is C15H11ClFNO3. The first-order valence-electron chi connectivity index (χ1n) is 5.99. The van der Waals surface area contributed by atoms with Crippen molar-refractivity contribution >= 4 is 29.2 Å². The number of hydrogen-bond acceptors (Lipinski definition) is 2. The van der Waals surface area contributed by atoms with Gasteiger partial charge in [0.05, 0.1) is 21.8 Å². The lowest BCUT2D eigenvalue weighted by atomic mass is 10.1. The van der Waals surface area contributed by atoms with Gasteiger partial charge in [0.15, 0.2) is 0 Å². The van der Waals surface area contributed by atoms with E-state index in [9.17, 15) is 14.0 Å². The molecule has 0 heterocycles. The number of rotatable bonds is 3. The highest BCUT2D eigenvalue weighted by atomic mass is 35.5. The molecule has 0 saturated carbocycles. The fourth-order valence-corrected chi connectivity index (χ4v) is 2.12. The fourth-order valence-electron chi connectivity index (χ4n) is 1.80. The number of hydrogen-bond donors (Lipinski definition) is 2. The average molecular weight is 308 g/mol. The summed E-state index contributed by atoms with van der Waals surface area (Å²) in [6.07, 6.45) is 0. The summed E-state index contributed by atoms with van der Waals surface area (Å²) in [6, 6.07) is 7.98. The van der Waals surface area contributed by atoms with Crippen LogP contribution in [0.1, 0.15) is 26.3 Å². The molecule has 0 unspecified atom stereocenters. The molecule has 108 valence electrons. The minimum absolute atomic E-state index is 0.00513. The van der Waals surface area contributed by atoms with E-state index in [1.807, 2.05) is 6.92 Å². The molecule has 0 aliphatic heterocycles. The van der Waals surface area contributed by atoms with Crippen molar-refractivity contribution in [3.8, 4) is 0 Å². The van der Waals surface area contributed by atoms with Crippen LogP contribution in [0.4, 0.5) is 10.1 Å². The Balaban J connectivity index is 2.34. The quantitative estimate of drug-likeness (QED) is 0.907. The molecule has 0 bridgehead atoms. The van der Waals surface area contributed by atoms with Gasteiger partial charge >= 0.3 is 5.97 Å². The average Bonchev–Trinajstić information content (AvgIpc) is 2.40. The van der Waals surface area contributed by atoms with E-state index in [2.05, 4.69) is 5.32 Å². The Morgan fingerprint density at radius 3 is 2.48 bits per heavy atom. The van der Waals surface area contributed by atoms with E-state index in [0.717, 1.165) is 17.7 Å².